The van der Waals surface area contributed by atoms with Crippen molar-refractivity contribution in [2.75, 3.05) is 26.2 Å². The molecule has 0 aliphatic carbocycles. The lowest BCUT2D eigenvalue weighted by molar-refractivity contribution is -0.158. The van der Waals surface area contributed by atoms with E-state index in [1.54, 1.807) is 14.7 Å². The first-order valence-corrected chi connectivity index (χ1v) is 11.2. The maximum atomic E-state index is 12.8. The fourth-order valence-corrected chi connectivity index (χ4v) is 4.37. The van der Waals surface area contributed by atoms with Gasteiger partial charge in [0.15, 0.2) is 0 Å². The van der Waals surface area contributed by atoms with Crippen molar-refractivity contribution in [3.05, 3.63) is 71.3 Å². The summed E-state index contributed by atoms with van der Waals surface area (Å²) in [6.07, 6.45) is 1.38. The average molecular weight is 435 g/mol. The second-order valence-electron chi connectivity index (χ2n) is 8.57. The third-order valence-corrected chi connectivity index (χ3v) is 6.31. The molecule has 168 valence electrons. The van der Waals surface area contributed by atoms with Crippen molar-refractivity contribution < 1.29 is 14.4 Å². The van der Waals surface area contributed by atoms with Gasteiger partial charge in [-0.3, -0.25) is 9.59 Å². The maximum absolute atomic E-state index is 12.8. The molecule has 2 aromatic carbocycles. The average Bonchev–Trinajstić information content (AvgIpc) is 2.82. The first-order chi connectivity index (χ1) is 15.5. The Morgan fingerprint density at radius 1 is 0.875 bits per heavy atom. The summed E-state index contributed by atoms with van der Waals surface area (Å²) in [5, 5.41) is 2.97. The minimum atomic E-state index is -0.432. The molecule has 4 rings (SSSR count). The fourth-order valence-electron chi connectivity index (χ4n) is 4.37. The van der Waals surface area contributed by atoms with Gasteiger partial charge in [0.05, 0.1) is 0 Å². The first kappa shape index (κ1) is 21.9. The summed E-state index contributed by atoms with van der Waals surface area (Å²) >= 11 is 0. The highest BCUT2D eigenvalue weighted by Crippen LogP contribution is 2.20. The highest BCUT2D eigenvalue weighted by atomic mass is 16.2. The number of piperidine rings is 1. The van der Waals surface area contributed by atoms with Crippen molar-refractivity contribution in [2.24, 2.45) is 0 Å². The minimum absolute atomic E-state index is 0.00599. The van der Waals surface area contributed by atoms with Crippen molar-refractivity contribution in [1.29, 1.82) is 0 Å². The number of carbonyl (C=O) groups is 3. The molecule has 32 heavy (non-hydrogen) atoms. The molecule has 2 heterocycles. The number of nitrogens with zero attached hydrogens (tertiary/aromatic N) is 3. The number of hydrogen-bond donors (Lipinski definition) is 1. The van der Waals surface area contributed by atoms with Gasteiger partial charge in [-0.2, -0.15) is 0 Å². The summed E-state index contributed by atoms with van der Waals surface area (Å²) in [7, 11) is 0. The number of nitrogens with one attached hydrogen (secondary N) is 1. The van der Waals surface area contributed by atoms with Crippen LogP contribution in [0.3, 0.4) is 0 Å². The van der Waals surface area contributed by atoms with Crippen molar-refractivity contribution >= 4 is 17.8 Å². The highest BCUT2D eigenvalue weighted by Gasteiger charge is 2.37. The molecular weight excluding hydrogens is 404 g/mol. The monoisotopic (exact) mass is 434 g/mol. The van der Waals surface area contributed by atoms with Crippen molar-refractivity contribution in [3.63, 3.8) is 0 Å². The van der Waals surface area contributed by atoms with E-state index in [1.807, 2.05) is 61.5 Å². The number of carbonyl (C=O) groups excluding carboxylic acids is 3. The molecule has 0 radical (unpaired) electrons. The van der Waals surface area contributed by atoms with Gasteiger partial charge in [0.1, 0.15) is 0 Å². The minimum Gasteiger partial charge on any atom is -0.334 e. The number of amides is 4. The zero-order valence-electron chi connectivity index (χ0n) is 18.5. The molecule has 0 aromatic heterocycles. The van der Waals surface area contributed by atoms with Crippen LogP contribution in [0.2, 0.25) is 0 Å². The molecule has 0 unspecified atom stereocenters. The van der Waals surface area contributed by atoms with E-state index in [1.165, 1.54) is 5.56 Å². The van der Waals surface area contributed by atoms with E-state index in [4.69, 9.17) is 0 Å². The lowest BCUT2D eigenvalue weighted by atomic mass is 10.0. The quantitative estimate of drug-likeness (QED) is 0.735. The largest absolute Gasteiger partial charge is 0.334 e. The first-order valence-electron chi connectivity index (χ1n) is 11.2. The molecule has 2 fully saturated rings. The predicted molar refractivity (Wildman–Crippen MR) is 122 cm³/mol. The molecule has 1 N–H and O–H groups in total. The van der Waals surface area contributed by atoms with Crippen molar-refractivity contribution in [3.8, 4) is 0 Å². The molecule has 2 aromatic rings. The maximum Gasteiger partial charge on any atom is 0.317 e. The van der Waals surface area contributed by atoms with Gasteiger partial charge in [-0.05, 0) is 30.9 Å². The molecule has 2 aliphatic heterocycles. The lowest BCUT2D eigenvalue weighted by Crippen LogP contribution is -2.59. The SMILES string of the molecule is Cc1ccc(CNC(=O)N2CCC(N3CCN(Cc4ccccc4)C(=O)C3=O)CC2)cc1. The van der Waals surface area contributed by atoms with Gasteiger partial charge in [-0.25, -0.2) is 4.79 Å². The smallest absolute Gasteiger partial charge is 0.317 e. The third-order valence-electron chi connectivity index (χ3n) is 6.31. The van der Waals surface area contributed by atoms with Crippen LogP contribution in [0.4, 0.5) is 4.79 Å². The normalized spacial score (nSPS) is 17.6. The number of hydrogen-bond acceptors (Lipinski definition) is 3. The molecule has 0 saturated carbocycles. The molecule has 0 atom stereocenters. The number of urea groups is 1. The Balaban J connectivity index is 1.25. The number of aryl methyl sites for hydroxylation is 1. The summed E-state index contributed by atoms with van der Waals surface area (Å²) in [6, 6.07) is 17.7. The van der Waals surface area contributed by atoms with E-state index in [9.17, 15) is 14.4 Å². The Labute approximate surface area is 189 Å². The van der Waals surface area contributed by atoms with E-state index >= 15 is 0 Å². The van der Waals surface area contributed by atoms with Crippen LogP contribution in [-0.4, -0.2) is 64.8 Å². The second kappa shape index (κ2) is 9.85. The van der Waals surface area contributed by atoms with E-state index < -0.39 is 11.8 Å². The number of piperazine rings is 1. The Kier molecular flexibility index (Phi) is 6.73. The Morgan fingerprint density at radius 3 is 2.25 bits per heavy atom. The van der Waals surface area contributed by atoms with Crippen LogP contribution in [0.25, 0.3) is 0 Å². The molecule has 0 bridgehead atoms. The van der Waals surface area contributed by atoms with Crippen LogP contribution in [-0.2, 0) is 22.7 Å². The summed E-state index contributed by atoms with van der Waals surface area (Å²) in [5.41, 5.74) is 3.28. The molecular formula is C25H30N4O3. The highest BCUT2D eigenvalue weighted by molar-refractivity contribution is 6.35. The Hall–Kier alpha value is -3.35. The van der Waals surface area contributed by atoms with Crippen LogP contribution < -0.4 is 5.32 Å². The Bertz CT molecular complexity index is 953. The van der Waals surface area contributed by atoms with E-state index in [0.29, 0.717) is 52.1 Å². The molecule has 7 nitrogen and oxygen atoms in total. The molecule has 2 aliphatic rings. The third kappa shape index (κ3) is 5.10. The summed E-state index contributed by atoms with van der Waals surface area (Å²) in [5.74, 6) is -0.854. The zero-order chi connectivity index (χ0) is 22.5. The molecule has 7 heteroatoms. The van der Waals surface area contributed by atoms with Crippen LogP contribution in [0.5, 0.6) is 0 Å². The van der Waals surface area contributed by atoms with Gasteiger partial charge >= 0.3 is 17.8 Å². The van der Waals surface area contributed by atoms with Crippen molar-refractivity contribution in [1.82, 2.24) is 20.0 Å². The van der Waals surface area contributed by atoms with Crippen LogP contribution in [0, 0.1) is 6.92 Å². The predicted octanol–water partition coefficient (Wildman–Crippen LogP) is 2.54. The number of benzene rings is 2. The van der Waals surface area contributed by atoms with E-state index in [2.05, 4.69) is 5.32 Å². The topological polar surface area (TPSA) is 73.0 Å². The summed E-state index contributed by atoms with van der Waals surface area (Å²) < 4.78 is 0. The fraction of sp³-hybridized carbons (Fsp3) is 0.400. The van der Waals surface area contributed by atoms with E-state index in [0.717, 1.165) is 11.1 Å². The second-order valence-corrected chi connectivity index (χ2v) is 8.57. The van der Waals surface area contributed by atoms with Gasteiger partial charge in [0.2, 0.25) is 0 Å². The van der Waals surface area contributed by atoms with E-state index in [-0.39, 0.29) is 12.1 Å². The number of rotatable bonds is 5. The lowest BCUT2D eigenvalue weighted by Gasteiger charge is -2.42. The standard InChI is InChI=1S/C25H30N4O3/c1-19-7-9-20(10-8-19)17-26-25(32)27-13-11-22(12-14-27)29-16-15-28(23(30)24(29)31)18-21-5-3-2-4-6-21/h2-10,22H,11-18H2,1H3,(H,26,32). The van der Waals surface area contributed by atoms with Crippen LogP contribution in [0.15, 0.2) is 54.6 Å². The van der Waals surface area contributed by atoms with Gasteiger partial charge in [0, 0.05) is 45.3 Å². The van der Waals surface area contributed by atoms with Gasteiger partial charge in [-0.1, -0.05) is 60.2 Å². The molecule has 0 spiro atoms. The van der Waals surface area contributed by atoms with Gasteiger partial charge in [0.25, 0.3) is 0 Å². The number of likely N-dealkylation sites (tertiary alicyclic amines) is 1. The van der Waals surface area contributed by atoms with Crippen LogP contribution >= 0.6 is 0 Å². The summed E-state index contributed by atoms with van der Waals surface area (Å²) in [6.45, 7) is 5.23. The van der Waals surface area contributed by atoms with Gasteiger partial charge < -0.3 is 20.0 Å². The Morgan fingerprint density at radius 2 is 1.56 bits per heavy atom. The van der Waals surface area contributed by atoms with Crippen molar-refractivity contribution in [2.45, 2.75) is 38.9 Å². The van der Waals surface area contributed by atoms with Crippen LogP contribution in [0.1, 0.15) is 29.5 Å². The van der Waals surface area contributed by atoms with Gasteiger partial charge in [-0.15, -0.1) is 0 Å². The zero-order valence-corrected chi connectivity index (χ0v) is 18.5. The summed E-state index contributed by atoms with van der Waals surface area (Å²) in [4.78, 5) is 43.1. The molecule has 4 amide bonds. The molecule has 2 saturated heterocycles.